The zero-order chi connectivity index (χ0) is 77.1. The summed E-state index contributed by atoms with van der Waals surface area (Å²) in [5.41, 5.74) is 12.3. The second-order valence-electron chi connectivity index (χ2n) is 31.9. The van der Waals surface area contributed by atoms with E-state index in [1.165, 1.54) is 34.8 Å². The van der Waals surface area contributed by atoms with Crippen LogP contribution in [0.2, 0.25) is 0 Å². The lowest BCUT2D eigenvalue weighted by molar-refractivity contribution is -0.138. The number of aryl methyl sites for hydroxylation is 3. The van der Waals surface area contributed by atoms with Crippen LogP contribution in [-0.4, -0.2) is 125 Å². The molecule has 1 aliphatic carbocycles. The molecule has 3 aromatic carbocycles. The number of amides is 4. The largest absolute Gasteiger partial charge is 0.444 e. The van der Waals surface area contributed by atoms with E-state index in [1.54, 1.807) is 11.1 Å². The Morgan fingerprint density at radius 2 is 0.759 bits per heavy atom. The van der Waals surface area contributed by atoms with Gasteiger partial charge in [-0.05, 0) is 251 Å². The van der Waals surface area contributed by atoms with Gasteiger partial charge in [0.1, 0.15) is 46.1 Å². The number of rotatable bonds is 14. The van der Waals surface area contributed by atoms with Crippen LogP contribution in [0.25, 0.3) is 33.8 Å². The third kappa shape index (κ3) is 19.4. The predicted molar refractivity (Wildman–Crippen MR) is 433 cm³/mol. The van der Waals surface area contributed by atoms with E-state index in [0.717, 1.165) is 156 Å². The van der Waals surface area contributed by atoms with Gasteiger partial charge in [-0.2, -0.15) is 0 Å². The lowest BCUT2D eigenvalue weighted by Crippen LogP contribution is -2.36. The molecule has 4 aliphatic heterocycles. The third-order valence-electron chi connectivity index (χ3n) is 22.1. The standard InChI is InChI=1S/C36H44N6O3.C32H37N5O.C20H26IN3O/c1-23(2)25(4)34(43)41-18-10-14-30(41)33-38-22-29(40-33)27-17-16-26(24(3)20-27)12-8-9-13-28-21-37-32(39-28)31-15-11-19-42(31)35(44)45-36(5,6)7;1-21(2)23(4)32(38)37-17-9-14-29(37)31-34-20-28(36-31)26-16-15-24(22(3)18-26)10-7-8-13-27-19-33-30(35-27)25-11-5-6-12-25;1-12(2)14(4)20(25)24-9-5-6-18(24)19-22-11-17(23-19)15-7-8-16(21)13(3)10-15/h16-17,20-23,25,30-31H,10-11,14-15,18-19H2,1-7H3,(H,37,39)(H,38,40);15-16,18-21,23,25,29H,5-6,9,11-12,14,17H2,1-4H3,(H,33,35)(H,34,36);7-8,10-12,14,18H,5-6,9H2,1-4H3,(H,22,23)/t25-,30-,31-;23-,29-;14-,18-/m000/s1. The smallest absolute Gasteiger partial charge is 0.410 e. The normalized spacial score (nSPS) is 18.6. The molecule has 0 spiro atoms. The van der Waals surface area contributed by atoms with Crippen LogP contribution < -0.4 is 0 Å². The zero-order valence-corrected chi connectivity index (χ0v) is 67.8. The minimum absolute atomic E-state index is 0.00770. The number of nitrogens with zero attached hydrogens (tertiary/aromatic N) is 9. The molecule has 5 N–H and O–H groups in total. The highest BCUT2D eigenvalue weighted by atomic mass is 127. The van der Waals surface area contributed by atoms with Gasteiger partial charge in [0.2, 0.25) is 17.7 Å². The highest BCUT2D eigenvalue weighted by Crippen LogP contribution is 2.39. The maximum atomic E-state index is 13.1. The highest BCUT2D eigenvalue weighted by molar-refractivity contribution is 14.1. The molecule has 7 atom stereocenters. The Balaban J connectivity index is 0.000000167. The molecule has 9 heterocycles. The van der Waals surface area contributed by atoms with E-state index < -0.39 is 5.60 Å². The fourth-order valence-electron chi connectivity index (χ4n) is 14.7. The summed E-state index contributed by atoms with van der Waals surface area (Å²) < 4.78 is 6.83. The Kier molecular flexibility index (Phi) is 26.2. The maximum Gasteiger partial charge on any atom is 0.410 e. The number of likely N-dealkylation sites (tertiary alicyclic amines) is 4. The van der Waals surface area contributed by atoms with E-state index in [1.807, 2.05) is 106 Å². The van der Waals surface area contributed by atoms with Crippen LogP contribution in [-0.2, 0) is 19.1 Å². The quantitative estimate of drug-likeness (QED) is 0.0510. The van der Waals surface area contributed by atoms with E-state index in [4.69, 9.17) is 4.74 Å². The van der Waals surface area contributed by atoms with Gasteiger partial charge in [-0.15, -0.1) is 0 Å². The number of aromatic nitrogens is 10. The molecular weight excluding hydrogens is 1460 g/mol. The molecule has 0 bridgehead atoms. The van der Waals surface area contributed by atoms with E-state index >= 15 is 0 Å². The molecule has 5 aliphatic rings. The van der Waals surface area contributed by atoms with Gasteiger partial charge >= 0.3 is 6.09 Å². The average Bonchev–Trinajstić information content (AvgIpc) is 1.67. The zero-order valence-electron chi connectivity index (χ0n) is 65.7. The van der Waals surface area contributed by atoms with Crippen molar-refractivity contribution in [2.24, 2.45) is 35.5 Å². The minimum Gasteiger partial charge on any atom is -0.444 e. The van der Waals surface area contributed by atoms with E-state index in [0.29, 0.717) is 41.7 Å². The number of halogens is 1. The first kappa shape index (κ1) is 79.4. The molecule has 13 rings (SSSR count). The number of aromatic amines is 5. The number of nitrogens with one attached hydrogen (secondary N) is 5. The first-order valence-electron chi connectivity index (χ1n) is 38.9. The number of hydrogen-bond acceptors (Lipinski definition) is 10. The van der Waals surface area contributed by atoms with Crippen LogP contribution in [0.15, 0.2) is 85.6 Å². The molecule has 566 valence electrons. The summed E-state index contributed by atoms with van der Waals surface area (Å²) >= 11 is 2.35. The Morgan fingerprint density at radius 1 is 0.426 bits per heavy atom. The topological polar surface area (TPSA) is 234 Å². The minimum atomic E-state index is -0.546. The Bertz CT molecular complexity index is 4770. The van der Waals surface area contributed by atoms with Gasteiger partial charge in [-0.1, -0.05) is 105 Å². The molecule has 20 heteroatoms. The van der Waals surface area contributed by atoms with E-state index in [9.17, 15) is 19.2 Å². The van der Waals surface area contributed by atoms with E-state index in [-0.39, 0.29) is 65.7 Å². The summed E-state index contributed by atoms with van der Waals surface area (Å²) in [6, 6.07) is 18.7. The molecule has 1 saturated carbocycles. The van der Waals surface area contributed by atoms with Gasteiger partial charge in [0.15, 0.2) is 0 Å². The molecule has 5 fully saturated rings. The molecule has 4 amide bonds. The monoisotopic (exact) mass is 1570 g/mol. The summed E-state index contributed by atoms with van der Waals surface area (Å²) in [5.74, 6) is 31.0. The van der Waals surface area contributed by atoms with Gasteiger partial charge in [-0.25, -0.2) is 29.7 Å². The van der Waals surface area contributed by atoms with Crippen LogP contribution >= 0.6 is 22.6 Å². The fourth-order valence-corrected chi connectivity index (χ4v) is 15.0. The highest BCUT2D eigenvalue weighted by Gasteiger charge is 2.39. The SMILES string of the molecule is Cc1cc(-c2cnc([C@@H]3CCCN3C(=O)[C@@H](C)C(C)C)[nH]2)ccc1C#CC#Cc1cnc(C2CCCC2)[nH]1.Cc1cc(-c2cnc([C@@H]3CCCN3C(=O)[C@@H](C)C(C)C)[nH]2)ccc1C#CC#Cc1cnc([C@@H]2CCCN2C(=O)OC(C)(C)C)[nH]1.Cc1cc(-c2cnc([C@@H]3CCCN3C(=O)[C@@H](C)C(C)C)[nH]2)ccc1I. The van der Waals surface area contributed by atoms with Crippen molar-refractivity contribution in [1.82, 2.24) is 69.4 Å². The maximum absolute atomic E-state index is 13.1. The van der Waals surface area contributed by atoms with Crippen LogP contribution in [0.4, 0.5) is 4.79 Å². The first-order chi connectivity index (χ1) is 51.7. The van der Waals surface area contributed by atoms with Crippen molar-refractivity contribution >= 4 is 46.4 Å². The second kappa shape index (κ2) is 35.6. The number of carbonyl (C=O) groups excluding carboxylic acids is 4. The second-order valence-corrected chi connectivity index (χ2v) is 33.1. The van der Waals surface area contributed by atoms with Gasteiger partial charge < -0.3 is 44.4 Å². The van der Waals surface area contributed by atoms with Gasteiger partial charge in [0.05, 0.1) is 72.2 Å². The lowest BCUT2D eigenvalue weighted by atomic mass is 9.96. The summed E-state index contributed by atoms with van der Waals surface area (Å²) in [5, 5.41) is 0. The molecule has 8 aromatic rings. The molecule has 5 aromatic heterocycles. The molecule has 108 heavy (non-hydrogen) atoms. The number of benzene rings is 3. The van der Waals surface area contributed by atoms with Crippen LogP contribution in [0.1, 0.15) is 259 Å². The van der Waals surface area contributed by atoms with Gasteiger partial charge in [0, 0.05) is 64.5 Å². The van der Waals surface area contributed by atoms with Crippen molar-refractivity contribution < 1.29 is 23.9 Å². The fraction of sp³-hybridized carbons (Fsp3) is 0.489. The summed E-state index contributed by atoms with van der Waals surface area (Å²) in [6.07, 6.45) is 21.4. The number of ether oxygens (including phenoxy) is 1. The van der Waals surface area contributed by atoms with Crippen molar-refractivity contribution in [2.45, 2.75) is 217 Å². The molecule has 0 radical (unpaired) electrons. The Hall–Kier alpha value is -9.64. The first-order valence-corrected chi connectivity index (χ1v) is 40.0. The van der Waals surface area contributed by atoms with Crippen LogP contribution in [0, 0.1) is 107 Å². The number of carbonyl (C=O) groups is 4. The predicted octanol–water partition coefficient (Wildman–Crippen LogP) is 17.6. The molecular formula is C88H107IN14O5. The number of H-pyrrole nitrogens is 5. The summed E-state index contributed by atoms with van der Waals surface area (Å²) in [4.78, 5) is 99.3. The van der Waals surface area contributed by atoms with Crippen molar-refractivity contribution in [1.29, 1.82) is 0 Å². The lowest BCUT2D eigenvalue weighted by Gasteiger charge is -2.27. The van der Waals surface area contributed by atoms with Crippen molar-refractivity contribution in [3.63, 3.8) is 0 Å². The summed E-state index contributed by atoms with van der Waals surface area (Å²) in [7, 11) is 0. The Labute approximate surface area is 652 Å². The molecule has 19 nitrogen and oxygen atoms in total. The number of hydrogen-bond donors (Lipinski definition) is 5. The number of imidazole rings is 5. The van der Waals surface area contributed by atoms with Gasteiger partial charge in [0.25, 0.3) is 0 Å². The Morgan fingerprint density at radius 3 is 1.14 bits per heavy atom. The van der Waals surface area contributed by atoms with Crippen molar-refractivity contribution in [3.8, 4) is 81.1 Å². The average molecular weight is 1570 g/mol. The van der Waals surface area contributed by atoms with Crippen LogP contribution in [0.5, 0.6) is 0 Å². The van der Waals surface area contributed by atoms with E-state index in [2.05, 4.69) is 212 Å². The van der Waals surface area contributed by atoms with Crippen molar-refractivity contribution in [2.75, 3.05) is 26.2 Å². The van der Waals surface area contributed by atoms with Gasteiger partial charge in [-0.3, -0.25) is 19.3 Å². The third-order valence-corrected chi connectivity index (χ3v) is 23.3. The van der Waals surface area contributed by atoms with Crippen molar-refractivity contribution in [3.05, 3.63) is 157 Å². The van der Waals surface area contributed by atoms with Crippen LogP contribution in [0.3, 0.4) is 0 Å². The molecule has 4 saturated heterocycles. The summed E-state index contributed by atoms with van der Waals surface area (Å²) in [6.45, 7) is 33.6. The molecule has 0 unspecified atom stereocenters.